The number of nitrogens with zero attached hydrogens (tertiary/aromatic N) is 5. The summed E-state index contributed by atoms with van der Waals surface area (Å²) >= 11 is 0. The van der Waals surface area contributed by atoms with Crippen LogP contribution in [-0.4, -0.2) is 44.9 Å². The van der Waals surface area contributed by atoms with Crippen LogP contribution in [0.3, 0.4) is 0 Å². The Bertz CT molecular complexity index is 1360. The number of aromatic nitrogens is 5. The Morgan fingerprint density at radius 1 is 1.19 bits per heavy atom. The molecule has 32 heavy (non-hydrogen) atoms. The van der Waals surface area contributed by atoms with Gasteiger partial charge in [0.1, 0.15) is 11.3 Å². The van der Waals surface area contributed by atoms with Gasteiger partial charge in [0.25, 0.3) is 0 Å². The Morgan fingerprint density at radius 2 is 2.00 bits per heavy atom. The first-order valence-electron chi connectivity index (χ1n) is 10.8. The average Bonchev–Trinajstić information content (AvgIpc) is 3.17. The van der Waals surface area contributed by atoms with E-state index in [0.29, 0.717) is 42.0 Å². The number of pyridine rings is 1. The third kappa shape index (κ3) is 2.78. The second-order valence-electron chi connectivity index (χ2n) is 8.97. The maximum absolute atomic E-state index is 6.36. The van der Waals surface area contributed by atoms with Gasteiger partial charge >= 0.3 is 0 Å². The van der Waals surface area contributed by atoms with Gasteiger partial charge in [-0.2, -0.15) is 4.52 Å². The van der Waals surface area contributed by atoms with E-state index in [1.165, 1.54) is 5.56 Å². The molecule has 1 saturated heterocycles. The first-order valence-corrected chi connectivity index (χ1v) is 10.8. The van der Waals surface area contributed by atoms with E-state index < -0.39 is 5.54 Å². The Labute approximate surface area is 184 Å². The molecule has 9 nitrogen and oxygen atoms in total. The van der Waals surface area contributed by atoms with E-state index in [0.717, 1.165) is 35.3 Å². The maximum atomic E-state index is 6.36. The van der Waals surface area contributed by atoms with E-state index in [1.54, 1.807) is 11.6 Å². The third-order valence-corrected chi connectivity index (χ3v) is 6.83. The van der Waals surface area contributed by atoms with E-state index in [-0.39, 0.29) is 5.92 Å². The molecule has 0 radical (unpaired) electrons. The molecular weight excluding hydrogens is 406 g/mol. The number of aryl methyl sites for hydroxylation is 1. The van der Waals surface area contributed by atoms with Gasteiger partial charge in [0.05, 0.1) is 25.9 Å². The third-order valence-electron chi connectivity index (χ3n) is 6.83. The quantitative estimate of drug-likeness (QED) is 0.504. The van der Waals surface area contributed by atoms with Crippen molar-refractivity contribution in [2.24, 2.45) is 5.73 Å². The first-order chi connectivity index (χ1) is 15.5. The van der Waals surface area contributed by atoms with Crippen molar-refractivity contribution < 1.29 is 9.47 Å². The summed E-state index contributed by atoms with van der Waals surface area (Å²) in [5.41, 5.74) is 16.9. The van der Waals surface area contributed by atoms with Gasteiger partial charge in [-0.3, -0.25) is 4.98 Å². The molecule has 4 N–H and O–H groups in total. The normalized spacial score (nSPS) is 22.0. The molecule has 9 heteroatoms. The van der Waals surface area contributed by atoms with Crippen molar-refractivity contribution in [3.05, 3.63) is 53.1 Å². The highest BCUT2D eigenvalue weighted by atomic mass is 16.5. The van der Waals surface area contributed by atoms with Crippen molar-refractivity contribution in [1.29, 1.82) is 0 Å². The van der Waals surface area contributed by atoms with Gasteiger partial charge in [-0.1, -0.05) is 12.1 Å². The van der Waals surface area contributed by atoms with Gasteiger partial charge in [0.15, 0.2) is 11.5 Å². The van der Waals surface area contributed by atoms with Crippen molar-refractivity contribution in [2.45, 2.75) is 37.1 Å². The van der Waals surface area contributed by atoms with Crippen molar-refractivity contribution in [2.75, 3.05) is 26.1 Å². The van der Waals surface area contributed by atoms with Gasteiger partial charge < -0.3 is 20.9 Å². The lowest BCUT2D eigenvalue weighted by molar-refractivity contribution is -0.0571. The summed E-state index contributed by atoms with van der Waals surface area (Å²) in [4.78, 5) is 14.1. The zero-order valence-electron chi connectivity index (χ0n) is 18.1. The van der Waals surface area contributed by atoms with Crippen LogP contribution in [0.2, 0.25) is 0 Å². The number of ether oxygens (including phenoxy) is 2. The highest BCUT2D eigenvalue weighted by molar-refractivity contribution is 5.95. The van der Waals surface area contributed by atoms with Crippen LogP contribution in [0.4, 0.5) is 5.95 Å². The summed E-state index contributed by atoms with van der Waals surface area (Å²) in [5.74, 6) is 2.42. The Kier molecular flexibility index (Phi) is 4.15. The van der Waals surface area contributed by atoms with Crippen LogP contribution in [0.25, 0.3) is 16.6 Å². The van der Waals surface area contributed by atoms with E-state index >= 15 is 0 Å². The number of methoxy groups -OCH3 is 1. The maximum Gasteiger partial charge on any atom is 0.223 e. The minimum atomic E-state index is -0.391. The van der Waals surface area contributed by atoms with E-state index in [2.05, 4.69) is 23.1 Å². The molecule has 164 valence electrons. The Balaban J connectivity index is 1.27. The van der Waals surface area contributed by atoms with Gasteiger partial charge in [0.2, 0.25) is 5.95 Å². The molecule has 0 spiro atoms. The van der Waals surface area contributed by atoms with Crippen LogP contribution < -0.4 is 16.2 Å². The number of fused-ring (bicyclic) bond motifs is 3. The fourth-order valence-electron chi connectivity index (χ4n) is 4.81. The Hall–Kier alpha value is -3.30. The van der Waals surface area contributed by atoms with Crippen LogP contribution in [0.15, 0.2) is 30.5 Å². The lowest BCUT2D eigenvalue weighted by Crippen LogP contribution is -2.54. The molecule has 0 unspecified atom stereocenters. The van der Waals surface area contributed by atoms with Crippen molar-refractivity contribution in [3.63, 3.8) is 0 Å². The molecule has 0 amide bonds. The van der Waals surface area contributed by atoms with Crippen LogP contribution in [0, 0.1) is 6.92 Å². The largest absolute Gasteiger partial charge is 0.494 e. The monoisotopic (exact) mass is 431 g/mol. The molecule has 2 fully saturated rings. The van der Waals surface area contributed by atoms with Crippen LogP contribution in [0.1, 0.15) is 47.3 Å². The number of hydrogen-bond donors (Lipinski definition) is 2. The molecule has 1 saturated carbocycles. The molecular formula is C23H25N7O2. The molecule has 4 heterocycles. The summed E-state index contributed by atoms with van der Waals surface area (Å²) < 4.78 is 12.4. The predicted molar refractivity (Wildman–Crippen MR) is 120 cm³/mol. The molecule has 1 aliphatic heterocycles. The van der Waals surface area contributed by atoms with E-state index in [1.807, 2.05) is 24.4 Å². The number of anilines is 1. The minimum absolute atomic E-state index is 0.265. The number of hydrogen-bond acceptors (Lipinski definition) is 8. The second-order valence-corrected chi connectivity index (χ2v) is 8.97. The number of para-hydroxylation sites is 1. The summed E-state index contributed by atoms with van der Waals surface area (Å²) in [6, 6.07) is 7.91. The van der Waals surface area contributed by atoms with Crippen LogP contribution in [0.5, 0.6) is 5.75 Å². The molecule has 1 aliphatic carbocycles. The SMILES string of the molecule is COc1cccc2c1nc(N)n1nc([C@H]3C[C@H](c4ncc(C5(N)COC5)cc4C)C3)nc21. The molecule has 2 aliphatic rings. The van der Waals surface area contributed by atoms with E-state index in [4.69, 9.17) is 30.9 Å². The fourth-order valence-corrected chi connectivity index (χ4v) is 4.81. The Morgan fingerprint density at radius 3 is 2.69 bits per heavy atom. The molecule has 4 aromatic rings. The average molecular weight is 432 g/mol. The van der Waals surface area contributed by atoms with Crippen molar-refractivity contribution in [3.8, 4) is 5.75 Å². The van der Waals surface area contributed by atoms with Gasteiger partial charge in [-0.25, -0.2) is 9.97 Å². The zero-order valence-corrected chi connectivity index (χ0v) is 18.1. The summed E-state index contributed by atoms with van der Waals surface area (Å²) in [6.07, 6.45) is 3.82. The smallest absolute Gasteiger partial charge is 0.223 e. The number of nitrogens with two attached hydrogens (primary N) is 2. The van der Waals surface area contributed by atoms with Gasteiger partial charge in [0, 0.05) is 29.1 Å². The van der Waals surface area contributed by atoms with Gasteiger partial charge in [-0.05, 0) is 43.0 Å². The predicted octanol–water partition coefficient (Wildman–Crippen LogP) is 2.42. The summed E-state index contributed by atoms with van der Waals surface area (Å²) in [5, 5.41) is 5.55. The molecule has 1 aromatic carbocycles. The lowest BCUT2D eigenvalue weighted by Gasteiger charge is -2.39. The van der Waals surface area contributed by atoms with Gasteiger partial charge in [-0.15, -0.1) is 5.10 Å². The zero-order chi connectivity index (χ0) is 22.0. The minimum Gasteiger partial charge on any atom is -0.494 e. The molecule has 0 bridgehead atoms. The van der Waals surface area contributed by atoms with Crippen molar-refractivity contribution in [1.82, 2.24) is 24.6 Å². The summed E-state index contributed by atoms with van der Waals surface area (Å²) in [7, 11) is 1.62. The molecule has 0 atom stereocenters. The highest BCUT2D eigenvalue weighted by Gasteiger charge is 2.39. The number of benzene rings is 1. The first kappa shape index (κ1) is 19.4. The standard InChI is InChI=1S/C23H25N7O2/c1-12-6-15(23(25)10-32-11-23)9-26-18(12)13-7-14(8-13)20-28-21-16-4-3-5-17(31-2)19(16)27-22(24)30(21)29-20/h3-6,9,13-14H,7-8,10-11,25H2,1-2H3,(H2,24,27)/t13-,14-. The number of nitrogen functional groups attached to an aromatic ring is 1. The lowest BCUT2D eigenvalue weighted by atomic mass is 9.71. The second kappa shape index (κ2) is 6.85. The summed E-state index contributed by atoms with van der Waals surface area (Å²) in [6.45, 7) is 3.21. The van der Waals surface area contributed by atoms with Crippen LogP contribution >= 0.6 is 0 Å². The fraction of sp³-hybridized carbons (Fsp3) is 0.391. The number of rotatable bonds is 4. The van der Waals surface area contributed by atoms with E-state index in [9.17, 15) is 0 Å². The molecule has 3 aromatic heterocycles. The topological polar surface area (TPSA) is 126 Å². The van der Waals surface area contributed by atoms with Crippen molar-refractivity contribution >= 4 is 22.5 Å². The highest BCUT2D eigenvalue weighted by Crippen LogP contribution is 2.47. The van der Waals surface area contributed by atoms with Crippen LogP contribution in [-0.2, 0) is 10.3 Å². The molecule has 6 rings (SSSR count).